The summed E-state index contributed by atoms with van der Waals surface area (Å²) in [5.41, 5.74) is 2.55. The number of nitrogens with one attached hydrogen (secondary N) is 2. The number of nitrogens with zero attached hydrogens (tertiary/aromatic N) is 2. The molecule has 0 radical (unpaired) electrons. The van der Waals surface area contributed by atoms with Gasteiger partial charge in [0.25, 0.3) is 5.91 Å². The lowest BCUT2D eigenvalue weighted by Gasteiger charge is -2.10. The van der Waals surface area contributed by atoms with E-state index in [4.69, 9.17) is 10.3 Å². The summed E-state index contributed by atoms with van der Waals surface area (Å²) < 4.78 is 5.19. The van der Waals surface area contributed by atoms with Gasteiger partial charge < -0.3 is 15.2 Å². The molecule has 0 aliphatic rings. The summed E-state index contributed by atoms with van der Waals surface area (Å²) in [6.45, 7) is 1.82. The van der Waals surface area contributed by atoms with Gasteiger partial charge in [-0.15, -0.1) is 0 Å². The van der Waals surface area contributed by atoms with Crippen molar-refractivity contribution in [1.29, 1.82) is 0 Å². The molecule has 2 aromatic rings. The first-order valence-corrected chi connectivity index (χ1v) is 5.33. The predicted octanol–water partition coefficient (Wildman–Crippen LogP) is 0.846. The van der Waals surface area contributed by atoms with Gasteiger partial charge in [-0.3, -0.25) is 4.79 Å². The van der Waals surface area contributed by atoms with Crippen LogP contribution in [0.3, 0.4) is 0 Å². The zero-order valence-corrected chi connectivity index (χ0v) is 9.75. The van der Waals surface area contributed by atoms with Gasteiger partial charge in [0.2, 0.25) is 0 Å². The number of hydrogen-bond donors (Lipinski definition) is 3. The Bertz CT molecular complexity index is 509. The molecule has 94 valence electrons. The Morgan fingerprint density at radius 3 is 2.83 bits per heavy atom. The lowest BCUT2D eigenvalue weighted by Crippen LogP contribution is -2.27. The zero-order valence-electron chi connectivity index (χ0n) is 9.75. The summed E-state index contributed by atoms with van der Waals surface area (Å²) in [6.07, 6.45) is 4.28. The molecule has 18 heavy (non-hydrogen) atoms. The van der Waals surface area contributed by atoms with Gasteiger partial charge in [-0.25, -0.2) is 15.8 Å². The number of carbonyl (C=O) groups is 1. The Kier molecular flexibility index (Phi) is 3.54. The number of amides is 1. The highest BCUT2D eigenvalue weighted by Gasteiger charge is 2.14. The number of nitrogens with two attached hydrogens (primary N) is 1. The van der Waals surface area contributed by atoms with Crippen molar-refractivity contribution in [3.05, 3.63) is 42.2 Å². The predicted molar refractivity (Wildman–Crippen MR) is 64.4 cm³/mol. The van der Waals surface area contributed by atoms with Gasteiger partial charge in [0, 0.05) is 0 Å². The second-order valence-electron chi connectivity index (χ2n) is 3.64. The number of carbonyl (C=O) groups excluding carboxylic acids is 1. The van der Waals surface area contributed by atoms with Crippen molar-refractivity contribution in [2.75, 3.05) is 5.43 Å². The van der Waals surface area contributed by atoms with Crippen molar-refractivity contribution in [2.45, 2.75) is 13.0 Å². The van der Waals surface area contributed by atoms with Crippen LogP contribution < -0.4 is 16.6 Å². The highest BCUT2D eigenvalue weighted by molar-refractivity contribution is 5.92. The highest BCUT2D eigenvalue weighted by Crippen LogP contribution is 2.12. The quantitative estimate of drug-likeness (QED) is 0.546. The van der Waals surface area contributed by atoms with Crippen LogP contribution in [0, 0.1) is 0 Å². The maximum absolute atomic E-state index is 11.8. The molecule has 0 saturated carbocycles. The summed E-state index contributed by atoms with van der Waals surface area (Å²) in [5, 5.41) is 2.75. The van der Waals surface area contributed by atoms with Crippen LogP contribution in [0.25, 0.3) is 0 Å². The van der Waals surface area contributed by atoms with Crippen molar-refractivity contribution in [3.8, 4) is 0 Å². The molecule has 7 nitrogen and oxygen atoms in total. The first-order valence-electron chi connectivity index (χ1n) is 5.33. The Labute approximate surface area is 103 Å². The molecule has 7 heteroatoms. The molecular weight excluding hydrogens is 234 g/mol. The third kappa shape index (κ3) is 2.64. The standard InChI is InChI=1S/C11H13N5O2/c1-7(9-3-2-4-18-9)15-11(17)8-5-14-10(16-12)6-13-8/h2-7H,12H2,1H3,(H,14,16)(H,15,17). The fourth-order valence-electron chi connectivity index (χ4n) is 1.40. The summed E-state index contributed by atoms with van der Waals surface area (Å²) >= 11 is 0. The van der Waals surface area contributed by atoms with E-state index in [2.05, 4.69) is 20.7 Å². The number of anilines is 1. The number of rotatable bonds is 4. The number of nitrogen functional groups attached to an aromatic ring is 1. The lowest BCUT2D eigenvalue weighted by atomic mass is 10.2. The summed E-state index contributed by atoms with van der Waals surface area (Å²) in [4.78, 5) is 19.7. The van der Waals surface area contributed by atoms with Crippen LogP contribution in [-0.2, 0) is 0 Å². The van der Waals surface area contributed by atoms with Crippen molar-refractivity contribution in [1.82, 2.24) is 15.3 Å². The van der Waals surface area contributed by atoms with E-state index < -0.39 is 0 Å². The van der Waals surface area contributed by atoms with Crippen molar-refractivity contribution >= 4 is 11.7 Å². The molecule has 0 saturated heterocycles. The van der Waals surface area contributed by atoms with Crippen LogP contribution in [0.1, 0.15) is 29.2 Å². The average molecular weight is 247 g/mol. The van der Waals surface area contributed by atoms with Crippen LogP contribution in [-0.4, -0.2) is 15.9 Å². The Balaban J connectivity index is 2.03. The van der Waals surface area contributed by atoms with Gasteiger partial charge in [0.15, 0.2) is 5.82 Å². The van der Waals surface area contributed by atoms with Crippen LogP contribution in [0.15, 0.2) is 35.2 Å². The van der Waals surface area contributed by atoms with E-state index in [1.807, 2.05) is 6.92 Å². The van der Waals surface area contributed by atoms with E-state index in [0.29, 0.717) is 11.6 Å². The van der Waals surface area contributed by atoms with Gasteiger partial charge in [-0.2, -0.15) is 0 Å². The second-order valence-corrected chi connectivity index (χ2v) is 3.64. The van der Waals surface area contributed by atoms with Gasteiger partial charge in [0.05, 0.1) is 24.7 Å². The summed E-state index contributed by atoms with van der Waals surface area (Å²) in [5.74, 6) is 5.90. The molecule has 2 rings (SSSR count). The molecule has 0 bridgehead atoms. The molecule has 2 aromatic heterocycles. The topological polar surface area (TPSA) is 106 Å². The number of hydrogen-bond acceptors (Lipinski definition) is 6. The molecule has 0 aliphatic carbocycles. The molecule has 1 amide bonds. The molecule has 0 spiro atoms. The molecule has 0 aliphatic heterocycles. The van der Waals surface area contributed by atoms with Crippen molar-refractivity contribution < 1.29 is 9.21 Å². The molecule has 4 N–H and O–H groups in total. The smallest absolute Gasteiger partial charge is 0.272 e. The number of hydrazine groups is 1. The van der Waals surface area contributed by atoms with Crippen molar-refractivity contribution in [3.63, 3.8) is 0 Å². The van der Waals surface area contributed by atoms with Crippen LogP contribution in [0.4, 0.5) is 5.82 Å². The number of aromatic nitrogens is 2. The first kappa shape index (κ1) is 12.1. The van der Waals surface area contributed by atoms with Crippen LogP contribution >= 0.6 is 0 Å². The Hall–Kier alpha value is -2.41. The second kappa shape index (κ2) is 5.28. The van der Waals surface area contributed by atoms with Crippen LogP contribution in [0.2, 0.25) is 0 Å². The van der Waals surface area contributed by atoms with Crippen molar-refractivity contribution in [2.24, 2.45) is 5.84 Å². The van der Waals surface area contributed by atoms with E-state index >= 15 is 0 Å². The Morgan fingerprint density at radius 2 is 2.28 bits per heavy atom. The van der Waals surface area contributed by atoms with E-state index in [1.54, 1.807) is 18.4 Å². The minimum atomic E-state index is -0.324. The van der Waals surface area contributed by atoms with Gasteiger partial charge in [0.1, 0.15) is 11.5 Å². The average Bonchev–Trinajstić information content (AvgIpc) is 2.92. The first-order chi connectivity index (χ1) is 8.70. The van der Waals surface area contributed by atoms with Crippen LogP contribution in [0.5, 0.6) is 0 Å². The van der Waals surface area contributed by atoms with E-state index in [9.17, 15) is 4.79 Å². The summed E-state index contributed by atoms with van der Waals surface area (Å²) in [7, 11) is 0. The van der Waals surface area contributed by atoms with E-state index in [0.717, 1.165) is 0 Å². The molecule has 0 fully saturated rings. The Morgan fingerprint density at radius 1 is 1.44 bits per heavy atom. The molecule has 1 atom stereocenters. The maximum Gasteiger partial charge on any atom is 0.272 e. The maximum atomic E-state index is 11.8. The number of furan rings is 1. The third-order valence-electron chi connectivity index (χ3n) is 2.35. The minimum Gasteiger partial charge on any atom is -0.467 e. The molecular formula is C11H13N5O2. The van der Waals surface area contributed by atoms with E-state index in [1.165, 1.54) is 12.4 Å². The van der Waals surface area contributed by atoms with Gasteiger partial charge >= 0.3 is 0 Å². The fraction of sp³-hybridized carbons (Fsp3) is 0.182. The minimum absolute atomic E-state index is 0.215. The van der Waals surface area contributed by atoms with Gasteiger partial charge in [-0.1, -0.05) is 0 Å². The normalized spacial score (nSPS) is 11.9. The monoisotopic (exact) mass is 247 g/mol. The fourth-order valence-corrected chi connectivity index (χ4v) is 1.40. The zero-order chi connectivity index (χ0) is 13.0. The van der Waals surface area contributed by atoms with E-state index in [-0.39, 0.29) is 17.6 Å². The molecule has 2 heterocycles. The highest BCUT2D eigenvalue weighted by atomic mass is 16.3. The summed E-state index contributed by atoms with van der Waals surface area (Å²) in [6, 6.07) is 3.32. The van der Waals surface area contributed by atoms with Gasteiger partial charge in [-0.05, 0) is 19.1 Å². The molecule has 0 aromatic carbocycles. The SMILES string of the molecule is CC(NC(=O)c1cnc(NN)cn1)c1ccco1. The lowest BCUT2D eigenvalue weighted by molar-refractivity contribution is 0.0930. The third-order valence-corrected chi connectivity index (χ3v) is 2.35. The largest absolute Gasteiger partial charge is 0.467 e. The molecule has 1 unspecified atom stereocenters.